The summed E-state index contributed by atoms with van der Waals surface area (Å²) in [5.74, 6) is -0.604. The van der Waals surface area contributed by atoms with E-state index in [0.29, 0.717) is 5.71 Å². The van der Waals surface area contributed by atoms with E-state index in [0.717, 1.165) is 4.88 Å². The molecule has 0 unspecified atom stereocenters. The van der Waals surface area contributed by atoms with Crippen molar-refractivity contribution in [2.75, 3.05) is 0 Å². The highest BCUT2D eigenvalue weighted by atomic mass is 32.1. The molecular weight excluding hydrogens is 278 g/mol. The first-order valence-electron chi connectivity index (χ1n) is 5.71. The highest BCUT2D eigenvalue weighted by Crippen LogP contribution is 2.17. The van der Waals surface area contributed by atoms with E-state index in [2.05, 4.69) is 10.5 Å². The van der Waals surface area contributed by atoms with Gasteiger partial charge in [0, 0.05) is 10.9 Å². The molecule has 0 fully saturated rings. The van der Waals surface area contributed by atoms with E-state index in [-0.39, 0.29) is 11.3 Å². The van der Waals surface area contributed by atoms with Crippen molar-refractivity contribution in [2.45, 2.75) is 6.92 Å². The van der Waals surface area contributed by atoms with E-state index in [9.17, 15) is 14.9 Å². The fourth-order valence-electron chi connectivity index (χ4n) is 1.56. The summed E-state index contributed by atoms with van der Waals surface area (Å²) >= 11 is 1.50. The Kier molecular flexibility index (Phi) is 4.21. The normalized spacial score (nSPS) is 11.2. The van der Waals surface area contributed by atoms with Crippen LogP contribution in [0.4, 0.5) is 5.69 Å². The van der Waals surface area contributed by atoms with Crippen LogP contribution in [0.3, 0.4) is 0 Å². The van der Waals surface area contributed by atoms with Crippen molar-refractivity contribution in [1.29, 1.82) is 0 Å². The lowest BCUT2D eigenvalue weighted by atomic mass is 10.2. The molecule has 0 aliphatic heterocycles. The largest absolute Gasteiger partial charge is 0.282 e. The van der Waals surface area contributed by atoms with Gasteiger partial charge in [-0.2, -0.15) is 5.10 Å². The van der Waals surface area contributed by atoms with Gasteiger partial charge in [0.1, 0.15) is 5.56 Å². The first kappa shape index (κ1) is 13.9. The summed E-state index contributed by atoms with van der Waals surface area (Å²) < 4.78 is 0. The summed E-state index contributed by atoms with van der Waals surface area (Å²) in [7, 11) is 0. The Labute approximate surface area is 118 Å². The van der Waals surface area contributed by atoms with Crippen molar-refractivity contribution in [3.63, 3.8) is 0 Å². The molecule has 0 bridgehead atoms. The summed E-state index contributed by atoms with van der Waals surface area (Å²) in [6.45, 7) is 1.76. The van der Waals surface area contributed by atoms with Gasteiger partial charge in [0.15, 0.2) is 0 Å². The van der Waals surface area contributed by atoms with Gasteiger partial charge in [0.2, 0.25) is 0 Å². The Morgan fingerprint density at radius 1 is 1.30 bits per heavy atom. The maximum atomic E-state index is 11.9. The van der Waals surface area contributed by atoms with Crippen LogP contribution in [0.5, 0.6) is 0 Å². The molecule has 1 aromatic heterocycles. The van der Waals surface area contributed by atoms with Gasteiger partial charge in [-0.25, -0.2) is 5.43 Å². The number of para-hydroxylation sites is 1. The number of nitro benzene ring substituents is 1. The fourth-order valence-corrected chi connectivity index (χ4v) is 2.24. The van der Waals surface area contributed by atoms with Gasteiger partial charge < -0.3 is 0 Å². The number of hydrogen-bond acceptors (Lipinski definition) is 5. The molecule has 0 atom stereocenters. The molecule has 1 heterocycles. The highest BCUT2D eigenvalue weighted by molar-refractivity contribution is 7.12. The molecule has 1 aromatic carbocycles. The van der Waals surface area contributed by atoms with Gasteiger partial charge in [-0.15, -0.1) is 11.3 Å². The number of thiophene rings is 1. The van der Waals surface area contributed by atoms with E-state index in [1.807, 2.05) is 17.5 Å². The van der Waals surface area contributed by atoms with Crippen molar-refractivity contribution < 1.29 is 9.72 Å². The lowest BCUT2D eigenvalue weighted by molar-refractivity contribution is -0.385. The number of nitrogens with zero attached hydrogens (tertiary/aromatic N) is 2. The topological polar surface area (TPSA) is 84.6 Å². The van der Waals surface area contributed by atoms with Gasteiger partial charge in [-0.3, -0.25) is 14.9 Å². The van der Waals surface area contributed by atoms with E-state index >= 15 is 0 Å². The summed E-state index contributed by atoms with van der Waals surface area (Å²) in [5.41, 5.74) is 2.72. The molecule has 6 nitrogen and oxygen atoms in total. The van der Waals surface area contributed by atoms with E-state index < -0.39 is 10.8 Å². The molecule has 0 aliphatic carbocycles. The standard InChI is InChI=1S/C13H11N3O3S/c1-9(12-7-4-8-20-12)14-15-13(17)10-5-2-3-6-11(10)16(18)19/h2-8H,1H3,(H,15,17)/b14-9-. The maximum absolute atomic E-state index is 11.9. The minimum Gasteiger partial charge on any atom is -0.267 e. The molecule has 7 heteroatoms. The van der Waals surface area contributed by atoms with Crippen LogP contribution < -0.4 is 5.43 Å². The van der Waals surface area contributed by atoms with E-state index in [1.165, 1.54) is 29.5 Å². The van der Waals surface area contributed by atoms with Gasteiger partial charge in [0.25, 0.3) is 11.6 Å². The molecule has 20 heavy (non-hydrogen) atoms. The number of hydrogen-bond donors (Lipinski definition) is 1. The first-order valence-corrected chi connectivity index (χ1v) is 6.59. The number of nitrogens with one attached hydrogen (secondary N) is 1. The Bertz CT molecular complexity index is 665. The number of benzene rings is 1. The molecule has 0 saturated heterocycles. The first-order chi connectivity index (χ1) is 9.59. The lowest BCUT2D eigenvalue weighted by Crippen LogP contribution is -2.20. The van der Waals surface area contributed by atoms with Crippen molar-refractivity contribution in [2.24, 2.45) is 5.10 Å². The van der Waals surface area contributed by atoms with E-state index in [1.54, 1.807) is 13.0 Å². The zero-order valence-electron chi connectivity index (χ0n) is 10.6. The van der Waals surface area contributed by atoms with Crippen LogP contribution in [0.25, 0.3) is 0 Å². The maximum Gasteiger partial charge on any atom is 0.282 e. The molecular formula is C13H11N3O3S. The Balaban J connectivity index is 2.17. The quantitative estimate of drug-likeness (QED) is 0.533. The van der Waals surface area contributed by atoms with Gasteiger partial charge in [-0.05, 0) is 24.4 Å². The molecule has 0 aliphatic rings. The molecule has 102 valence electrons. The summed E-state index contributed by atoms with van der Waals surface area (Å²) in [6.07, 6.45) is 0. The monoisotopic (exact) mass is 289 g/mol. The molecule has 1 amide bonds. The third-order valence-corrected chi connectivity index (χ3v) is 3.53. The predicted octanol–water partition coefficient (Wildman–Crippen LogP) is 2.81. The summed E-state index contributed by atoms with van der Waals surface area (Å²) in [4.78, 5) is 23.1. The molecule has 0 spiro atoms. The molecule has 1 N–H and O–H groups in total. The highest BCUT2D eigenvalue weighted by Gasteiger charge is 2.18. The van der Waals surface area contributed by atoms with E-state index in [4.69, 9.17) is 0 Å². The zero-order chi connectivity index (χ0) is 14.5. The number of carbonyl (C=O) groups is 1. The average molecular weight is 289 g/mol. The minimum atomic E-state index is -0.604. The number of rotatable bonds is 4. The smallest absolute Gasteiger partial charge is 0.267 e. The summed E-state index contributed by atoms with van der Waals surface area (Å²) in [6, 6.07) is 9.50. The zero-order valence-corrected chi connectivity index (χ0v) is 11.4. The molecule has 0 radical (unpaired) electrons. The molecule has 2 rings (SSSR count). The van der Waals surface area contributed by atoms with Crippen LogP contribution in [0, 0.1) is 10.1 Å². The van der Waals surface area contributed by atoms with Gasteiger partial charge in [0.05, 0.1) is 10.6 Å². The second kappa shape index (κ2) is 6.07. The molecule has 2 aromatic rings. The Morgan fingerprint density at radius 2 is 2.05 bits per heavy atom. The number of nitro groups is 1. The minimum absolute atomic E-state index is 0.0137. The van der Waals surface area contributed by atoms with Crippen LogP contribution in [-0.4, -0.2) is 16.5 Å². The van der Waals surface area contributed by atoms with Crippen LogP contribution >= 0.6 is 11.3 Å². The second-order valence-electron chi connectivity index (χ2n) is 3.89. The predicted molar refractivity (Wildman–Crippen MR) is 77.1 cm³/mol. The van der Waals surface area contributed by atoms with Crippen LogP contribution in [0.2, 0.25) is 0 Å². The van der Waals surface area contributed by atoms with Gasteiger partial charge >= 0.3 is 0 Å². The van der Waals surface area contributed by atoms with Crippen molar-refractivity contribution in [3.8, 4) is 0 Å². The second-order valence-corrected chi connectivity index (χ2v) is 4.84. The Morgan fingerprint density at radius 3 is 2.70 bits per heavy atom. The van der Waals surface area contributed by atoms with Crippen LogP contribution in [0.1, 0.15) is 22.2 Å². The lowest BCUT2D eigenvalue weighted by Gasteiger charge is -2.02. The van der Waals surface area contributed by atoms with Crippen molar-refractivity contribution in [1.82, 2.24) is 5.43 Å². The number of carbonyl (C=O) groups excluding carboxylic acids is 1. The fraction of sp³-hybridized carbons (Fsp3) is 0.0769. The third kappa shape index (κ3) is 3.07. The van der Waals surface area contributed by atoms with Crippen molar-refractivity contribution >= 4 is 28.6 Å². The van der Waals surface area contributed by atoms with Gasteiger partial charge in [-0.1, -0.05) is 18.2 Å². The molecule has 0 saturated carbocycles. The Hall–Kier alpha value is -2.54. The third-order valence-electron chi connectivity index (χ3n) is 2.55. The summed E-state index contributed by atoms with van der Waals surface area (Å²) in [5, 5.41) is 16.7. The average Bonchev–Trinajstić information content (AvgIpc) is 2.98. The number of amides is 1. The van der Waals surface area contributed by atoms with Crippen LogP contribution in [-0.2, 0) is 0 Å². The SMILES string of the molecule is C/C(=N/NC(=O)c1ccccc1[N+](=O)[O-])c1cccs1. The number of hydrazone groups is 1. The van der Waals surface area contributed by atoms with Crippen LogP contribution in [0.15, 0.2) is 46.9 Å². The van der Waals surface area contributed by atoms with Crippen molar-refractivity contribution in [3.05, 3.63) is 62.3 Å².